The number of carbonyl (C=O) groups is 1. The van der Waals surface area contributed by atoms with Crippen LogP contribution in [0.2, 0.25) is 0 Å². The van der Waals surface area contributed by atoms with E-state index in [0.717, 1.165) is 18.4 Å². The molecule has 0 unspecified atom stereocenters. The Morgan fingerprint density at radius 1 is 1.19 bits per heavy atom. The molecule has 3 rings (SSSR count). The third-order valence-corrected chi connectivity index (χ3v) is 5.70. The Labute approximate surface area is 161 Å². The lowest BCUT2D eigenvalue weighted by molar-refractivity contribution is -0.121. The monoisotopic (exact) mass is 368 g/mol. The topological polar surface area (TPSA) is 42.0 Å². The molecule has 1 heterocycles. The zero-order chi connectivity index (χ0) is 19.5. The van der Waals surface area contributed by atoms with Crippen LogP contribution in [0.4, 0.5) is 4.39 Å². The summed E-state index contributed by atoms with van der Waals surface area (Å²) >= 11 is 0. The van der Waals surface area contributed by atoms with Crippen molar-refractivity contribution in [3.63, 3.8) is 0 Å². The van der Waals surface area contributed by atoms with Crippen molar-refractivity contribution in [1.82, 2.24) is 10.3 Å². The maximum atomic E-state index is 13.2. The van der Waals surface area contributed by atoms with Crippen LogP contribution in [-0.4, -0.2) is 17.4 Å². The molecule has 0 bridgehead atoms. The Bertz CT molecular complexity index is 789. The van der Waals surface area contributed by atoms with Gasteiger partial charge in [-0.15, -0.1) is 0 Å². The molecule has 0 aliphatic heterocycles. The largest absolute Gasteiger partial charge is 0.355 e. The lowest BCUT2D eigenvalue weighted by Gasteiger charge is -2.43. The molecule has 1 aliphatic rings. The highest BCUT2D eigenvalue weighted by Crippen LogP contribution is 2.43. The molecular formula is C23H29FN2O. The number of nitrogens with zero attached hydrogens (tertiary/aromatic N) is 1. The maximum absolute atomic E-state index is 13.2. The smallest absolute Gasteiger partial charge is 0.220 e. The summed E-state index contributed by atoms with van der Waals surface area (Å²) in [4.78, 5) is 16.1. The van der Waals surface area contributed by atoms with Crippen molar-refractivity contribution in [1.29, 1.82) is 0 Å². The van der Waals surface area contributed by atoms with E-state index < -0.39 is 0 Å². The third-order valence-electron chi connectivity index (χ3n) is 5.70. The van der Waals surface area contributed by atoms with Gasteiger partial charge in [0.2, 0.25) is 5.91 Å². The molecule has 3 nitrogen and oxygen atoms in total. The molecule has 144 valence electrons. The minimum atomic E-state index is -0.361. The van der Waals surface area contributed by atoms with Gasteiger partial charge in [-0.2, -0.15) is 0 Å². The van der Waals surface area contributed by atoms with Gasteiger partial charge in [0.1, 0.15) is 5.82 Å². The SMILES string of the molecule is CC(C)(C)c1ccc(C2(CNC(=O)CCc3cncc(F)c3)CCC2)cc1. The van der Waals surface area contributed by atoms with Gasteiger partial charge in [-0.25, -0.2) is 4.39 Å². The highest BCUT2D eigenvalue weighted by molar-refractivity contribution is 5.76. The lowest BCUT2D eigenvalue weighted by Crippen LogP contribution is -2.45. The Balaban J connectivity index is 1.57. The molecule has 1 amide bonds. The second-order valence-corrected chi connectivity index (χ2v) is 8.75. The summed E-state index contributed by atoms with van der Waals surface area (Å²) in [7, 11) is 0. The fourth-order valence-corrected chi connectivity index (χ4v) is 3.70. The molecule has 2 aromatic rings. The molecule has 0 radical (unpaired) electrons. The first-order valence-electron chi connectivity index (χ1n) is 9.76. The maximum Gasteiger partial charge on any atom is 0.220 e. The van der Waals surface area contributed by atoms with Gasteiger partial charge in [0.25, 0.3) is 0 Å². The van der Waals surface area contributed by atoms with E-state index in [1.807, 2.05) is 0 Å². The van der Waals surface area contributed by atoms with E-state index in [1.54, 1.807) is 6.20 Å². The lowest BCUT2D eigenvalue weighted by atomic mass is 9.64. The number of amides is 1. The van der Waals surface area contributed by atoms with Crippen LogP contribution in [0.1, 0.15) is 63.1 Å². The Morgan fingerprint density at radius 2 is 1.89 bits per heavy atom. The number of pyridine rings is 1. The number of halogens is 1. The number of hydrogen-bond donors (Lipinski definition) is 1. The Kier molecular flexibility index (Phi) is 5.64. The molecule has 0 saturated heterocycles. The van der Waals surface area contributed by atoms with Crippen LogP contribution in [0.5, 0.6) is 0 Å². The molecule has 1 fully saturated rings. The molecule has 4 heteroatoms. The van der Waals surface area contributed by atoms with Crippen LogP contribution >= 0.6 is 0 Å². The van der Waals surface area contributed by atoms with Crippen LogP contribution in [0, 0.1) is 5.82 Å². The molecule has 1 N–H and O–H groups in total. The van der Waals surface area contributed by atoms with Gasteiger partial charge in [0.15, 0.2) is 0 Å². The zero-order valence-electron chi connectivity index (χ0n) is 16.5. The van der Waals surface area contributed by atoms with E-state index in [4.69, 9.17) is 0 Å². The van der Waals surface area contributed by atoms with Gasteiger partial charge in [0, 0.05) is 24.6 Å². The second-order valence-electron chi connectivity index (χ2n) is 8.75. The van der Waals surface area contributed by atoms with Crippen molar-refractivity contribution in [2.75, 3.05) is 6.54 Å². The fraction of sp³-hybridized carbons (Fsp3) is 0.478. The fourth-order valence-electron chi connectivity index (χ4n) is 3.70. The number of aromatic nitrogens is 1. The first-order chi connectivity index (χ1) is 12.8. The Hall–Kier alpha value is -2.23. The summed E-state index contributed by atoms with van der Waals surface area (Å²) in [6.07, 6.45) is 7.06. The van der Waals surface area contributed by atoms with Crippen molar-refractivity contribution < 1.29 is 9.18 Å². The number of carbonyl (C=O) groups excluding carboxylic acids is 1. The summed E-state index contributed by atoms with van der Waals surface area (Å²) in [5.41, 5.74) is 3.60. The van der Waals surface area contributed by atoms with E-state index in [0.29, 0.717) is 19.4 Å². The van der Waals surface area contributed by atoms with Crippen LogP contribution in [-0.2, 0) is 22.0 Å². The minimum absolute atomic E-state index is 0.0110. The average Bonchev–Trinajstić information content (AvgIpc) is 2.59. The van der Waals surface area contributed by atoms with Crippen molar-refractivity contribution in [2.24, 2.45) is 0 Å². The average molecular weight is 368 g/mol. The van der Waals surface area contributed by atoms with Gasteiger partial charge in [-0.3, -0.25) is 9.78 Å². The minimum Gasteiger partial charge on any atom is -0.355 e. The summed E-state index contributed by atoms with van der Waals surface area (Å²) < 4.78 is 13.2. The zero-order valence-corrected chi connectivity index (χ0v) is 16.5. The first kappa shape index (κ1) is 19.5. The van der Waals surface area contributed by atoms with Crippen molar-refractivity contribution >= 4 is 5.91 Å². The van der Waals surface area contributed by atoms with Crippen molar-refractivity contribution in [3.05, 3.63) is 65.2 Å². The number of rotatable bonds is 6. The van der Waals surface area contributed by atoms with E-state index in [2.05, 4.69) is 55.3 Å². The number of aryl methyl sites for hydroxylation is 1. The summed E-state index contributed by atoms with van der Waals surface area (Å²) in [5, 5.41) is 3.10. The van der Waals surface area contributed by atoms with Crippen molar-refractivity contribution in [3.8, 4) is 0 Å². The molecular weight excluding hydrogens is 339 g/mol. The highest BCUT2D eigenvalue weighted by atomic mass is 19.1. The van der Waals surface area contributed by atoms with Crippen LogP contribution in [0.3, 0.4) is 0 Å². The number of hydrogen-bond acceptors (Lipinski definition) is 2. The van der Waals surface area contributed by atoms with Crippen LogP contribution < -0.4 is 5.32 Å². The van der Waals surface area contributed by atoms with Gasteiger partial charge in [-0.1, -0.05) is 51.5 Å². The predicted octanol–water partition coefficient (Wildman–Crippen LogP) is 4.69. The predicted molar refractivity (Wildman–Crippen MR) is 106 cm³/mol. The molecule has 1 aromatic heterocycles. The second kappa shape index (κ2) is 7.79. The summed E-state index contributed by atoms with van der Waals surface area (Å²) in [5.74, 6) is -0.350. The molecule has 0 atom stereocenters. The van der Waals surface area contributed by atoms with Crippen LogP contribution in [0.25, 0.3) is 0 Å². The number of nitrogens with one attached hydrogen (secondary N) is 1. The molecule has 1 aliphatic carbocycles. The van der Waals surface area contributed by atoms with E-state index in [1.165, 1.54) is 29.8 Å². The molecule has 1 aromatic carbocycles. The van der Waals surface area contributed by atoms with Gasteiger partial charge >= 0.3 is 0 Å². The standard InChI is InChI=1S/C23H29FN2O/c1-22(2,3)18-6-8-19(9-7-18)23(11-4-12-23)16-26-21(27)10-5-17-13-20(24)15-25-14-17/h6-9,13-15H,4-5,10-12,16H2,1-3H3,(H,26,27). The molecule has 27 heavy (non-hydrogen) atoms. The van der Waals surface area contributed by atoms with Crippen molar-refractivity contribution in [2.45, 2.75) is 63.7 Å². The van der Waals surface area contributed by atoms with E-state index in [-0.39, 0.29) is 22.6 Å². The Morgan fingerprint density at radius 3 is 2.44 bits per heavy atom. The summed E-state index contributed by atoms with van der Waals surface area (Å²) in [6, 6.07) is 10.3. The number of benzene rings is 1. The van der Waals surface area contributed by atoms with Crippen LogP contribution in [0.15, 0.2) is 42.7 Å². The summed E-state index contributed by atoms with van der Waals surface area (Å²) in [6.45, 7) is 7.32. The highest BCUT2D eigenvalue weighted by Gasteiger charge is 2.38. The van der Waals surface area contributed by atoms with Gasteiger partial charge in [0.05, 0.1) is 6.20 Å². The van der Waals surface area contributed by atoms with Gasteiger partial charge in [-0.05, 0) is 47.4 Å². The molecule has 0 spiro atoms. The first-order valence-corrected chi connectivity index (χ1v) is 9.76. The quantitative estimate of drug-likeness (QED) is 0.804. The van der Waals surface area contributed by atoms with Gasteiger partial charge < -0.3 is 5.32 Å². The third kappa shape index (κ3) is 4.74. The molecule has 1 saturated carbocycles. The van der Waals surface area contributed by atoms with E-state index in [9.17, 15) is 9.18 Å². The normalized spacial score (nSPS) is 15.9. The van der Waals surface area contributed by atoms with E-state index >= 15 is 0 Å².